The van der Waals surface area contributed by atoms with Crippen LogP contribution in [0, 0.1) is 5.82 Å². The Morgan fingerprint density at radius 1 is 1.28 bits per heavy atom. The van der Waals surface area contributed by atoms with Crippen molar-refractivity contribution < 1.29 is 13.9 Å². The molecule has 0 atom stereocenters. The Kier molecular flexibility index (Phi) is 5.80. The van der Waals surface area contributed by atoms with Crippen molar-refractivity contribution in [2.75, 3.05) is 7.11 Å². The van der Waals surface area contributed by atoms with E-state index >= 15 is 0 Å². The zero-order valence-electron chi connectivity index (χ0n) is 9.64. The number of aromatic nitrogens is 1. The molecule has 0 aliphatic rings. The van der Waals surface area contributed by atoms with Crippen LogP contribution in [0.2, 0.25) is 5.02 Å². The molecule has 2 rings (SSSR count). The molecule has 1 aromatic heterocycles. The number of halogens is 2. The van der Waals surface area contributed by atoms with E-state index in [1.54, 1.807) is 30.5 Å². The van der Waals surface area contributed by atoms with E-state index in [0.29, 0.717) is 17.2 Å². The summed E-state index contributed by atoms with van der Waals surface area (Å²) in [5.74, 6) is -0.263. The van der Waals surface area contributed by atoms with Crippen molar-refractivity contribution in [1.29, 1.82) is 0 Å². The Labute approximate surface area is 109 Å². The molecule has 0 radical (unpaired) electrons. The number of ether oxygens (including phenoxy) is 1. The summed E-state index contributed by atoms with van der Waals surface area (Å²) in [6.07, 6.45) is 1.66. The van der Waals surface area contributed by atoms with E-state index in [2.05, 4.69) is 9.72 Å². The van der Waals surface area contributed by atoms with Gasteiger partial charge in [-0.05, 0) is 36.4 Å². The highest BCUT2D eigenvalue weighted by Crippen LogP contribution is 2.24. The first-order chi connectivity index (χ1) is 8.69. The van der Waals surface area contributed by atoms with Crippen LogP contribution in [0.5, 0.6) is 0 Å². The van der Waals surface area contributed by atoms with Gasteiger partial charge < -0.3 is 4.74 Å². The highest BCUT2D eigenvalue weighted by Gasteiger charge is 2.03. The monoisotopic (exact) mass is 267 g/mol. The molecule has 5 heteroatoms. The summed E-state index contributed by atoms with van der Waals surface area (Å²) in [5.41, 5.74) is 1.49. The zero-order valence-corrected chi connectivity index (χ0v) is 10.4. The number of carbonyl (C=O) groups excluding carboxylic acids is 1. The Morgan fingerprint density at radius 2 is 1.89 bits per heavy atom. The van der Waals surface area contributed by atoms with E-state index < -0.39 is 0 Å². The van der Waals surface area contributed by atoms with Crippen LogP contribution in [-0.4, -0.2) is 18.6 Å². The number of rotatable bonds is 2. The summed E-state index contributed by atoms with van der Waals surface area (Å²) in [4.78, 5) is 13.1. The predicted octanol–water partition coefficient (Wildman–Crippen LogP) is 3.33. The van der Waals surface area contributed by atoms with Crippen LogP contribution in [0.25, 0.3) is 11.3 Å². The zero-order chi connectivity index (χ0) is 13.4. The Hall–Kier alpha value is -1.94. The molecule has 3 nitrogen and oxygen atoms in total. The molecular weight excluding hydrogens is 257 g/mol. The molecule has 1 aromatic carbocycles. The number of benzene rings is 1. The molecule has 0 aliphatic carbocycles. The van der Waals surface area contributed by atoms with Crippen LogP contribution in [0.4, 0.5) is 4.39 Å². The molecule has 0 aliphatic heterocycles. The standard InChI is InChI=1S/C11H7ClFN.C2H4O2/c12-10-2-1-7-14-11(10)8-3-5-9(13)6-4-8;1-4-2-3/h1-7H;2H,1H3. The van der Waals surface area contributed by atoms with E-state index in [1.807, 2.05) is 0 Å². The van der Waals surface area contributed by atoms with Gasteiger partial charge >= 0.3 is 0 Å². The molecular formula is C13H11ClFNO2. The van der Waals surface area contributed by atoms with Gasteiger partial charge in [-0.15, -0.1) is 0 Å². The first-order valence-electron chi connectivity index (χ1n) is 5.02. The van der Waals surface area contributed by atoms with Crippen molar-refractivity contribution in [3.63, 3.8) is 0 Å². The fourth-order valence-corrected chi connectivity index (χ4v) is 1.44. The molecule has 0 spiro atoms. The van der Waals surface area contributed by atoms with Gasteiger partial charge in [0, 0.05) is 11.8 Å². The molecule has 2 aromatic rings. The normalized spacial score (nSPS) is 9.06. The summed E-state index contributed by atoms with van der Waals surface area (Å²) in [7, 11) is 1.31. The van der Waals surface area contributed by atoms with Crippen LogP contribution < -0.4 is 0 Å². The fraction of sp³-hybridized carbons (Fsp3) is 0.0769. The third kappa shape index (κ3) is 4.14. The van der Waals surface area contributed by atoms with Gasteiger partial charge in [-0.1, -0.05) is 11.6 Å². The van der Waals surface area contributed by atoms with Crippen molar-refractivity contribution in [2.24, 2.45) is 0 Å². The van der Waals surface area contributed by atoms with Crippen molar-refractivity contribution >= 4 is 18.1 Å². The van der Waals surface area contributed by atoms with Gasteiger partial charge in [-0.2, -0.15) is 0 Å². The Balaban J connectivity index is 0.000000357. The first-order valence-corrected chi connectivity index (χ1v) is 5.39. The highest BCUT2D eigenvalue weighted by molar-refractivity contribution is 6.33. The highest BCUT2D eigenvalue weighted by atomic mass is 35.5. The average molecular weight is 268 g/mol. The van der Waals surface area contributed by atoms with Gasteiger partial charge in [0.05, 0.1) is 17.8 Å². The number of pyridine rings is 1. The third-order valence-electron chi connectivity index (χ3n) is 1.97. The van der Waals surface area contributed by atoms with Gasteiger partial charge in [0.2, 0.25) is 0 Å². The second-order valence-electron chi connectivity index (χ2n) is 3.17. The van der Waals surface area contributed by atoms with Crippen molar-refractivity contribution in [3.05, 3.63) is 53.4 Å². The number of nitrogens with zero attached hydrogens (tertiary/aromatic N) is 1. The number of hydrogen-bond acceptors (Lipinski definition) is 3. The van der Waals surface area contributed by atoms with Gasteiger partial charge in [-0.25, -0.2) is 4.39 Å². The van der Waals surface area contributed by atoms with Gasteiger partial charge in [0.25, 0.3) is 6.47 Å². The lowest BCUT2D eigenvalue weighted by Crippen LogP contribution is -1.84. The average Bonchev–Trinajstić information content (AvgIpc) is 2.41. The number of hydrogen-bond donors (Lipinski definition) is 0. The molecule has 0 N–H and O–H groups in total. The summed E-state index contributed by atoms with van der Waals surface area (Å²) >= 11 is 5.94. The Bertz CT molecular complexity index is 503. The lowest BCUT2D eigenvalue weighted by molar-refractivity contribution is -0.126. The maximum absolute atomic E-state index is 12.6. The van der Waals surface area contributed by atoms with Crippen LogP contribution in [0.15, 0.2) is 42.6 Å². The minimum atomic E-state index is -0.263. The van der Waals surface area contributed by atoms with E-state index in [4.69, 9.17) is 16.4 Å². The molecule has 0 unspecified atom stereocenters. The predicted molar refractivity (Wildman–Crippen MR) is 67.7 cm³/mol. The van der Waals surface area contributed by atoms with Crippen LogP contribution >= 0.6 is 11.6 Å². The summed E-state index contributed by atoms with van der Waals surface area (Å²) in [6.45, 7) is 0.375. The van der Waals surface area contributed by atoms with Crippen LogP contribution in [-0.2, 0) is 9.53 Å². The second-order valence-corrected chi connectivity index (χ2v) is 3.58. The molecule has 0 saturated heterocycles. The fourth-order valence-electron chi connectivity index (χ4n) is 1.21. The van der Waals surface area contributed by atoms with E-state index in [0.717, 1.165) is 5.56 Å². The van der Waals surface area contributed by atoms with Crippen LogP contribution in [0.1, 0.15) is 0 Å². The molecule has 1 heterocycles. The first kappa shape index (κ1) is 14.1. The third-order valence-corrected chi connectivity index (χ3v) is 2.28. The van der Waals surface area contributed by atoms with Crippen molar-refractivity contribution in [3.8, 4) is 11.3 Å². The Morgan fingerprint density at radius 3 is 2.39 bits per heavy atom. The SMILES string of the molecule is COC=O.Fc1ccc(-c2ncccc2Cl)cc1. The molecule has 0 fully saturated rings. The van der Waals surface area contributed by atoms with E-state index in [1.165, 1.54) is 19.2 Å². The lowest BCUT2D eigenvalue weighted by atomic mass is 10.1. The van der Waals surface area contributed by atoms with E-state index in [9.17, 15) is 4.39 Å². The second kappa shape index (κ2) is 7.40. The maximum Gasteiger partial charge on any atom is 0.292 e. The van der Waals surface area contributed by atoms with Crippen molar-refractivity contribution in [2.45, 2.75) is 0 Å². The minimum absolute atomic E-state index is 0.263. The van der Waals surface area contributed by atoms with Crippen molar-refractivity contribution in [1.82, 2.24) is 4.98 Å². The number of carbonyl (C=O) groups is 1. The van der Waals surface area contributed by atoms with E-state index in [-0.39, 0.29) is 5.82 Å². The molecule has 0 amide bonds. The topological polar surface area (TPSA) is 39.2 Å². The smallest absolute Gasteiger partial charge is 0.292 e. The largest absolute Gasteiger partial charge is 0.471 e. The summed E-state index contributed by atoms with van der Waals surface area (Å²) < 4.78 is 16.5. The van der Waals surface area contributed by atoms with Gasteiger partial charge in [-0.3, -0.25) is 9.78 Å². The molecule has 18 heavy (non-hydrogen) atoms. The minimum Gasteiger partial charge on any atom is -0.471 e. The molecule has 0 bridgehead atoms. The summed E-state index contributed by atoms with van der Waals surface area (Å²) in [6, 6.07) is 9.61. The summed E-state index contributed by atoms with van der Waals surface area (Å²) in [5, 5.41) is 0.569. The molecule has 94 valence electrons. The van der Waals surface area contributed by atoms with Gasteiger partial charge in [0.1, 0.15) is 5.82 Å². The van der Waals surface area contributed by atoms with Crippen LogP contribution in [0.3, 0.4) is 0 Å². The quantitative estimate of drug-likeness (QED) is 0.784. The maximum atomic E-state index is 12.6. The molecule has 0 saturated carbocycles. The van der Waals surface area contributed by atoms with Gasteiger partial charge in [0.15, 0.2) is 0 Å². The lowest BCUT2D eigenvalue weighted by Gasteiger charge is -2.01. The number of methoxy groups -OCH3 is 1.